The molecule has 0 saturated heterocycles. The molecule has 1 N–H and O–H groups in total. The third kappa shape index (κ3) is 9.29. The monoisotopic (exact) mass is 641 g/mol. The molecule has 0 bridgehead atoms. The highest BCUT2D eigenvalue weighted by Crippen LogP contribution is 2.29. The predicted molar refractivity (Wildman–Crippen MR) is 174 cm³/mol. The normalized spacial score (nSPS) is 14.5. The molecule has 1 aliphatic carbocycles. The van der Waals surface area contributed by atoms with Crippen LogP contribution >= 0.6 is 11.6 Å². The molecule has 0 spiro atoms. The van der Waals surface area contributed by atoms with E-state index in [0.717, 1.165) is 43.9 Å². The topological polar surface area (TPSA) is 86.8 Å². The molecule has 0 radical (unpaired) electrons. The first kappa shape index (κ1) is 33.5. The molecule has 236 valence electrons. The van der Waals surface area contributed by atoms with Crippen LogP contribution in [0, 0.1) is 12.7 Å². The van der Waals surface area contributed by atoms with Gasteiger partial charge in [0.15, 0.2) is 0 Å². The second kappa shape index (κ2) is 15.5. The van der Waals surface area contributed by atoms with Gasteiger partial charge in [0.1, 0.15) is 11.9 Å². The third-order valence-corrected chi connectivity index (χ3v) is 9.74. The van der Waals surface area contributed by atoms with Gasteiger partial charge in [0.25, 0.3) is 0 Å². The number of hydrogen-bond donors (Lipinski definition) is 1. The van der Waals surface area contributed by atoms with Crippen LogP contribution in [-0.4, -0.2) is 50.0 Å². The number of carbonyl (C=O) groups is 2. The SMILES string of the molecule is Cc1c(Cl)cccc1N(CCCC(=O)N(Cc1ccc(F)cc1)[C@@H](Cc1ccccc1)C(=O)NC1CCCCC1)S(C)(=O)=O. The Morgan fingerprint density at radius 1 is 0.955 bits per heavy atom. The molecule has 1 aliphatic rings. The summed E-state index contributed by atoms with van der Waals surface area (Å²) >= 11 is 6.28. The Kier molecular flexibility index (Phi) is 11.8. The number of halogens is 2. The zero-order valence-corrected chi connectivity index (χ0v) is 26.9. The van der Waals surface area contributed by atoms with Gasteiger partial charge in [0, 0.05) is 37.0 Å². The second-order valence-electron chi connectivity index (χ2n) is 11.5. The van der Waals surface area contributed by atoms with Crippen LogP contribution in [0.1, 0.15) is 61.6 Å². The van der Waals surface area contributed by atoms with E-state index in [2.05, 4.69) is 5.32 Å². The minimum Gasteiger partial charge on any atom is -0.352 e. The van der Waals surface area contributed by atoms with Gasteiger partial charge in [-0.2, -0.15) is 0 Å². The molecular formula is C34H41ClFN3O4S. The van der Waals surface area contributed by atoms with E-state index in [1.807, 2.05) is 30.3 Å². The number of benzene rings is 3. The summed E-state index contributed by atoms with van der Waals surface area (Å²) in [6, 6.07) is 19.8. The molecule has 3 aromatic carbocycles. The van der Waals surface area contributed by atoms with Crippen molar-refractivity contribution in [3.8, 4) is 0 Å². The van der Waals surface area contributed by atoms with Gasteiger partial charge in [-0.1, -0.05) is 79.4 Å². The lowest BCUT2D eigenvalue weighted by molar-refractivity contribution is -0.141. The Labute approximate surface area is 265 Å². The molecule has 1 fully saturated rings. The van der Waals surface area contributed by atoms with Gasteiger partial charge in [0.2, 0.25) is 21.8 Å². The van der Waals surface area contributed by atoms with Crippen LogP contribution in [0.4, 0.5) is 10.1 Å². The Bertz CT molecular complexity index is 1510. The van der Waals surface area contributed by atoms with E-state index in [9.17, 15) is 22.4 Å². The molecule has 7 nitrogen and oxygen atoms in total. The highest BCUT2D eigenvalue weighted by atomic mass is 35.5. The van der Waals surface area contributed by atoms with Crippen LogP contribution < -0.4 is 9.62 Å². The number of nitrogens with zero attached hydrogens (tertiary/aromatic N) is 2. The predicted octanol–water partition coefficient (Wildman–Crippen LogP) is 6.42. The van der Waals surface area contributed by atoms with Crippen LogP contribution in [0.15, 0.2) is 72.8 Å². The molecule has 10 heteroatoms. The zero-order valence-electron chi connectivity index (χ0n) is 25.3. The van der Waals surface area contributed by atoms with Crippen molar-refractivity contribution in [1.29, 1.82) is 0 Å². The lowest BCUT2D eigenvalue weighted by Crippen LogP contribution is -2.52. The Hall–Kier alpha value is -3.43. The van der Waals surface area contributed by atoms with Crippen molar-refractivity contribution >= 4 is 39.1 Å². The maximum atomic E-state index is 14.0. The van der Waals surface area contributed by atoms with E-state index in [-0.39, 0.29) is 49.6 Å². The highest BCUT2D eigenvalue weighted by molar-refractivity contribution is 7.92. The molecule has 1 atom stereocenters. The van der Waals surface area contributed by atoms with Crippen LogP contribution in [-0.2, 0) is 32.6 Å². The molecule has 4 rings (SSSR count). The smallest absolute Gasteiger partial charge is 0.243 e. The maximum absolute atomic E-state index is 14.0. The van der Waals surface area contributed by atoms with Crippen molar-refractivity contribution < 1.29 is 22.4 Å². The van der Waals surface area contributed by atoms with Crippen molar-refractivity contribution in [1.82, 2.24) is 10.2 Å². The summed E-state index contributed by atoms with van der Waals surface area (Å²) in [4.78, 5) is 29.5. The van der Waals surface area contributed by atoms with Crippen molar-refractivity contribution in [3.05, 3.63) is 100 Å². The van der Waals surface area contributed by atoms with Crippen molar-refractivity contribution in [2.24, 2.45) is 0 Å². The van der Waals surface area contributed by atoms with E-state index < -0.39 is 16.1 Å². The van der Waals surface area contributed by atoms with E-state index in [1.165, 1.54) is 16.4 Å². The number of nitrogens with one attached hydrogen (secondary N) is 1. The van der Waals surface area contributed by atoms with Crippen molar-refractivity contribution in [3.63, 3.8) is 0 Å². The number of rotatable bonds is 13. The fraction of sp³-hybridized carbons (Fsp3) is 0.412. The molecule has 2 amide bonds. The summed E-state index contributed by atoms with van der Waals surface area (Å²) < 4.78 is 40.5. The summed E-state index contributed by atoms with van der Waals surface area (Å²) in [7, 11) is -3.66. The fourth-order valence-electron chi connectivity index (χ4n) is 5.73. The zero-order chi connectivity index (χ0) is 31.7. The number of carbonyl (C=O) groups excluding carboxylic acids is 2. The number of anilines is 1. The van der Waals surface area contributed by atoms with Crippen LogP contribution in [0.3, 0.4) is 0 Å². The van der Waals surface area contributed by atoms with Crippen LogP contribution in [0.5, 0.6) is 0 Å². The third-order valence-electron chi connectivity index (χ3n) is 8.15. The molecule has 3 aromatic rings. The second-order valence-corrected chi connectivity index (χ2v) is 13.8. The molecule has 0 heterocycles. The quantitative estimate of drug-likeness (QED) is 0.233. The van der Waals surface area contributed by atoms with Gasteiger partial charge in [-0.25, -0.2) is 12.8 Å². The number of amides is 2. The van der Waals surface area contributed by atoms with Gasteiger partial charge in [-0.05, 0) is 67.1 Å². The van der Waals surface area contributed by atoms with Gasteiger partial charge in [-0.15, -0.1) is 0 Å². The van der Waals surface area contributed by atoms with Crippen molar-refractivity contribution in [2.75, 3.05) is 17.1 Å². The average Bonchev–Trinajstić information content (AvgIpc) is 3.00. The lowest BCUT2D eigenvalue weighted by atomic mass is 9.94. The summed E-state index contributed by atoms with van der Waals surface area (Å²) in [6.45, 7) is 1.93. The van der Waals surface area contributed by atoms with E-state index in [1.54, 1.807) is 42.2 Å². The Morgan fingerprint density at radius 2 is 1.64 bits per heavy atom. The minimum absolute atomic E-state index is 0.00876. The summed E-state index contributed by atoms with van der Waals surface area (Å²) in [5.41, 5.74) is 2.69. The first-order chi connectivity index (χ1) is 21.0. The molecular weight excluding hydrogens is 601 g/mol. The van der Waals surface area contributed by atoms with Crippen molar-refractivity contribution in [2.45, 2.75) is 76.9 Å². The molecule has 0 aliphatic heterocycles. The molecule has 44 heavy (non-hydrogen) atoms. The first-order valence-corrected chi connectivity index (χ1v) is 17.4. The van der Waals surface area contributed by atoms with E-state index >= 15 is 0 Å². The van der Waals surface area contributed by atoms with Gasteiger partial charge in [-0.3, -0.25) is 13.9 Å². The van der Waals surface area contributed by atoms with E-state index in [4.69, 9.17) is 11.6 Å². The Morgan fingerprint density at radius 3 is 2.30 bits per heavy atom. The summed E-state index contributed by atoms with van der Waals surface area (Å²) in [5, 5.41) is 3.65. The molecule has 0 unspecified atom stereocenters. The highest BCUT2D eigenvalue weighted by Gasteiger charge is 2.32. The largest absolute Gasteiger partial charge is 0.352 e. The standard InChI is InChI=1S/C34H41ClFN3O4S/c1-25-30(35)15-9-16-31(25)39(44(2,42)43)22-10-17-33(40)38(24-27-18-20-28(36)21-19-27)32(23-26-11-5-3-6-12-26)34(41)37-29-13-7-4-8-14-29/h3,5-6,9,11-12,15-16,18-21,29,32H,4,7-8,10,13-14,17,22-24H2,1-2H3,(H,37,41)/t32-/m0/s1. The van der Waals surface area contributed by atoms with Gasteiger partial charge < -0.3 is 10.2 Å². The maximum Gasteiger partial charge on any atom is 0.243 e. The van der Waals surface area contributed by atoms with Gasteiger partial charge >= 0.3 is 0 Å². The number of sulfonamides is 1. The van der Waals surface area contributed by atoms with Gasteiger partial charge in [0.05, 0.1) is 11.9 Å². The van der Waals surface area contributed by atoms with E-state index in [0.29, 0.717) is 28.3 Å². The fourth-order valence-corrected chi connectivity index (χ4v) is 6.92. The Balaban J connectivity index is 1.60. The average molecular weight is 642 g/mol. The summed E-state index contributed by atoms with van der Waals surface area (Å²) in [6.07, 6.45) is 6.72. The lowest BCUT2D eigenvalue weighted by Gasteiger charge is -2.34. The molecule has 0 aromatic heterocycles. The molecule has 1 saturated carbocycles. The number of hydrogen-bond acceptors (Lipinski definition) is 4. The first-order valence-electron chi connectivity index (χ1n) is 15.1. The summed E-state index contributed by atoms with van der Waals surface area (Å²) in [5.74, 6) is -0.895. The van der Waals surface area contributed by atoms with Crippen LogP contribution in [0.25, 0.3) is 0 Å². The minimum atomic E-state index is -3.66. The van der Waals surface area contributed by atoms with Crippen LogP contribution in [0.2, 0.25) is 5.02 Å².